The first-order valence-corrected chi connectivity index (χ1v) is 6.84. The molecule has 1 aliphatic heterocycles. The van der Waals surface area contributed by atoms with Gasteiger partial charge in [-0.15, -0.1) is 0 Å². The number of carbonyl (C=O) groups is 1. The van der Waals surface area contributed by atoms with E-state index >= 15 is 0 Å². The van der Waals surface area contributed by atoms with E-state index in [0.717, 1.165) is 31.5 Å². The van der Waals surface area contributed by atoms with Crippen LogP contribution in [-0.2, 0) is 11.2 Å². The average molecular weight is 267 g/mol. The van der Waals surface area contributed by atoms with Crippen LogP contribution in [-0.4, -0.2) is 29.9 Å². The van der Waals surface area contributed by atoms with Gasteiger partial charge >= 0.3 is 0 Å². The molecule has 1 aliphatic rings. The van der Waals surface area contributed by atoms with Crippen molar-refractivity contribution in [3.63, 3.8) is 0 Å². The molecule has 2 rings (SSSR count). The van der Waals surface area contributed by atoms with Gasteiger partial charge in [0.15, 0.2) is 0 Å². The molecule has 0 aromatic heterocycles. The number of hydrogen-bond donors (Lipinski definition) is 1. The summed E-state index contributed by atoms with van der Waals surface area (Å²) in [7, 11) is 0. The van der Waals surface area contributed by atoms with Gasteiger partial charge in [0.1, 0.15) is 0 Å². The van der Waals surface area contributed by atoms with Gasteiger partial charge in [0.2, 0.25) is 5.91 Å². The molecule has 1 amide bonds. The summed E-state index contributed by atoms with van der Waals surface area (Å²) in [6, 6.07) is 7.06. The van der Waals surface area contributed by atoms with Crippen LogP contribution in [0.15, 0.2) is 24.3 Å². The number of benzene rings is 1. The Labute approximate surface area is 113 Å². The number of halogens is 1. The predicted octanol–water partition coefficient (Wildman–Crippen LogP) is 2.22. The molecule has 1 atom stereocenters. The third-order valence-corrected chi connectivity index (χ3v) is 3.75. The maximum absolute atomic E-state index is 12.2. The molecule has 2 N–H and O–H groups in total. The summed E-state index contributed by atoms with van der Waals surface area (Å²) in [5.41, 5.74) is 6.94. The zero-order valence-corrected chi connectivity index (χ0v) is 11.2. The highest BCUT2D eigenvalue weighted by Gasteiger charge is 2.23. The van der Waals surface area contributed by atoms with Crippen molar-refractivity contribution >= 4 is 17.5 Å². The van der Waals surface area contributed by atoms with E-state index in [-0.39, 0.29) is 5.91 Å². The van der Waals surface area contributed by atoms with Crippen molar-refractivity contribution in [1.29, 1.82) is 0 Å². The Hall–Kier alpha value is -1.06. The van der Waals surface area contributed by atoms with Crippen LogP contribution in [0.5, 0.6) is 0 Å². The summed E-state index contributed by atoms with van der Waals surface area (Å²) in [4.78, 5) is 14.1. The molecule has 0 aliphatic carbocycles. The monoisotopic (exact) mass is 266 g/mol. The first-order chi connectivity index (χ1) is 8.68. The fraction of sp³-hybridized carbons (Fsp3) is 0.500. The number of nitrogens with zero attached hydrogens (tertiary/aromatic N) is 1. The fourth-order valence-corrected chi connectivity index (χ4v) is 2.55. The maximum Gasteiger partial charge on any atom is 0.239 e. The molecule has 0 bridgehead atoms. The zero-order chi connectivity index (χ0) is 13.0. The van der Waals surface area contributed by atoms with Crippen LogP contribution in [0.1, 0.15) is 24.8 Å². The van der Waals surface area contributed by atoms with Crippen LogP contribution >= 0.6 is 11.6 Å². The first-order valence-electron chi connectivity index (χ1n) is 6.46. The van der Waals surface area contributed by atoms with E-state index in [2.05, 4.69) is 0 Å². The third kappa shape index (κ3) is 3.24. The van der Waals surface area contributed by atoms with Crippen LogP contribution in [0.3, 0.4) is 0 Å². The Balaban J connectivity index is 1.96. The molecular weight excluding hydrogens is 248 g/mol. The van der Waals surface area contributed by atoms with Gasteiger partial charge in [0, 0.05) is 18.1 Å². The van der Waals surface area contributed by atoms with Crippen LogP contribution in [0, 0.1) is 0 Å². The fourth-order valence-electron chi connectivity index (χ4n) is 2.34. The lowest BCUT2D eigenvalue weighted by Crippen LogP contribution is -2.46. The van der Waals surface area contributed by atoms with Crippen molar-refractivity contribution in [2.24, 2.45) is 5.73 Å². The molecule has 1 aromatic rings. The molecular formula is C14H19ClN2O. The average Bonchev–Trinajstić information content (AvgIpc) is 2.41. The van der Waals surface area contributed by atoms with Gasteiger partial charge in [-0.25, -0.2) is 0 Å². The Morgan fingerprint density at radius 3 is 2.61 bits per heavy atom. The van der Waals surface area contributed by atoms with Crippen molar-refractivity contribution in [2.45, 2.75) is 31.7 Å². The maximum atomic E-state index is 12.2. The van der Waals surface area contributed by atoms with Crippen molar-refractivity contribution in [2.75, 3.05) is 13.1 Å². The van der Waals surface area contributed by atoms with Gasteiger partial charge in [-0.2, -0.15) is 0 Å². The highest BCUT2D eigenvalue weighted by molar-refractivity contribution is 6.31. The van der Waals surface area contributed by atoms with Crippen LogP contribution < -0.4 is 5.73 Å². The summed E-state index contributed by atoms with van der Waals surface area (Å²) in [6.07, 6.45) is 3.90. The summed E-state index contributed by atoms with van der Waals surface area (Å²) >= 11 is 6.08. The molecule has 0 radical (unpaired) electrons. The lowest BCUT2D eigenvalue weighted by Gasteiger charge is -2.29. The van der Waals surface area contributed by atoms with Crippen molar-refractivity contribution in [1.82, 2.24) is 4.90 Å². The van der Waals surface area contributed by atoms with Gasteiger partial charge in [0.05, 0.1) is 6.04 Å². The minimum atomic E-state index is -0.483. The predicted molar refractivity (Wildman–Crippen MR) is 73.6 cm³/mol. The van der Waals surface area contributed by atoms with E-state index in [1.165, 1.54) is 6.42 Å². The zero-order valence-electron chi connectivity index (χ0n) is 10.4. The van der Waals surface area contributed by atoms with Crippen LogP contribution in [0.2, 0.25) is 5.02 Å². The topological polar surface area (TPSA) is 46.3 Å². The van der Waals surface area contributed by atoms with Crippen molar-refractivity contribution in [3.8, 4) is 0 Å². The normalized spacial score (nSPS) is 17.6. The molecule has 1 saturated heterocycles. The van der Waals surface area contributed by atoms with Crippen molar-refractivity contribution in [3.05, 3.63) is 34.9 Å². The lowest BCUT2D eigenvalue weighted by molar-refractivity contribution is -0.133. The molecule has 4 heteroatoms. The van der Waals surface area contributed by atoms with E-state index in [1.807, 2.05) is 29.2 Å². The van der Waals surface area contributed by atoms with Gasteiger partial charge in [-0.1, -0.05) is 29.8 Å². The van der Waals surface area contributed by atoms with Crippen LogP contribution in [0.25, 0.3) is 0 Å². The largest absolute Gasteiger partial charge is 0.341 e. The number of carbonyl (C=O) groups excluding carboxylic acids is 1. The van der Waals surface area contributed by atoms with E-state index < -0.39 is 6.04 Å². The molecule has 98 valence electrons. The Morgan fingerprint density at radius 1 is 1.28 bits per heavy atom. The Morgan fingerprint density at radius 2 is 1.94 bits per heavy atom. The summed E-state index contributed by atoms with van der Waals surface area (Å²) in [6.45, 7) is 1.68. The standard InChI is InChI=1S/C14H19ClN2O/c15-12-7-3-2-6-11(12)10-13(16)14(18)17-8-4-1-5-9-17/h2-3,6-7,13H,1,4-5,8-10,16H2/t13-/m0/s1. The Kier molecular flexibility index (Phi) is 4.61. The third-order valence-electron chi connectivity index (χ3n) is 3.38. The molecule has 1 aromatic carbocycles. The number of likely N-dealkylation sites (tertiary alicyclic amines) is 1. The second-order valence-corrected chi connectivity index (χ2v) is 5.20. The summed E-state index contributed by atoms with van der Waals surface area (Å²) in [5, 5.41) is 0.680. The molecule has 18 heavy (non-hydrogen) atoms. The van der Waals surface area contributed by atoms with E-state index in [0.29, 0.717) is 11.4 Å². The minimum absolute atomic E-state index is 0.0506. The quantitative estimate of drug-likeness (QED) is 0.912. The van der Waals surface area contributed by atoms with Crippen molar-refractivity contribution < 1.29 is 4.79 Å². The molecule has 1 fully saturated rings. The smallest absolute Gasteiger partial charge is 0.239 e. The Bertz CT molecular complexity index is 416. The summed E-state index contributed by atoms with van der Waals surface area (Å²) < 4.78 is 0. The van der Waals surface area contributed by atoms with E-state index in [1.54, 1.807) is 0 Å². The number of amides is 1. The van der Waals surface area contributed by atoms with Gasteiger partial charge in [-0.3, -0.25) is 4.79 Å². The SMILES string of the molecule is N[C@@H](Cc1ccccc1Cl)C(=O)N1CCCCC1. The van der Waals surface area contributed by atoms with Gasteiger partial charge in [0.25, 0.3) is 0 Å². The molecule has 0 saturated carbocycles. The summed E-state index contributed by atoms with van der Waals surface area (Å²) in [5.74, 6) is 0.0506. The van der Waals surface area contributed by atoms with E-state index in [4.69, 9.17) is 17.3 Å². The number of piperidine rings is 1. The first kappa shape index (κ1) is 13.4. The van der Waals surface area contributed by atoms with E-state index in [9.17, 15) is 4.79 Å². The highest BCUT2D eigenvalue weighted by atomic mass is 35.5. The minimum Gasteiger partial charge on any atom is -0.341 e. The molecule has 0 unspecified atom stereocenters. The second-order valence-electron chi connectivity index (χ2n) is 4.79. The second kappa shape index (κ2) is 6.21. The molecule has 0 spiro atoms. The number of nitrogens with two attached hydrogens (primary N) is 1. The molecule has 3 nitrogen and oxygen atoms in total. The molecule has 1 heterocycles. The highest BCUT2D eigenvalue weighted by Crippen LogP contribution is 2.17. The number of rotatable bonds is 3. The number of hydrogen-bond acceptors (Lipinski definition) is 2. The van der Waals surface area contributed by atoms with Gasteiger partial charge in [-0.05, 0) is 37.3 Å². The van der Waals surface area contributed by atoms with Crippen LogP contribution in [0.4, 0.5) is 0 Å². The van der Waals surface area contributed by atoms with Gasteiger partial charge < -0.3 is 10.6 Å². The lowest BCUT2D eigenvalue weighted by atomic mass is 10.0.